The lowest BCUT2D eigenvalue weighted by Crippen LogP contribution is -2.52. The highest BCUT2D eigenvalue weighted by atomic mass is 16.4. The highest BCUT2D eigenvalue weighted by Crippen LogP contribution is 2.24. The van der Waals surface area contributed by atoms with Gasteiger partial charge in [0.1, 0.15) is 11.8 Å². The van der Waals surface area contributed by atoms with Crippen LogP contribution in [0.15, 0.2) is 59.6 Å². The Hall–Kier alpha value is -3.12. The zero-order valence-corrected chi connectivity index (χ0v) is 24.8. The van der Waals surface area contributed by atoms with Gasteiger partial charge in [-0.3, -0.25) is 14.4 Å². The van der Waals surface area contributed by atoms with E-state index in [0.29, 0.717) is 23.2 Å². The number of fused-ring (bicyclic) bond motifs is 1. The Morgan fingerprint density at radius 3 is 1.83 bits per heavy atom. The van der Waals surface area contributed by atoms with Gasteiger partial charge in [-0.2, -0.15) is 0 Å². The van der Waals surface area contributed by atoms with Crippen LogP contribution in [0.3, 0.4) is 0 Å². The van der Waals surface area contributed by atoms with Gasteiger partial charge in [0, 0.05) is 17.7 Å². The predicted octanol–water partition coefficient (Wildman–Crippen LogP) is 8.37. The normalized spacial score (nSPS) is 16.6. The average Bonchev–Trinajstić information content (AvgIpc) is 2.99. The number of rotatable bonds is 20. The minimum Gasteiger partial charge on any atom is -0.481 e. The van der Waals surface area contributed by atoms with Crippen molar-refractivity contribution in [3.05, 3.63) is 65.7 Å². The summed E-state index contributed by atoms with van der Waals surface area (Å²) in [5, 5.41) is 13.0. The third-order valence-electron chi connectivity index (χ3n) is 8.03. The van der Waals surface area contributed by atoms with Crippen molar-refractivity contribution in [2.45, 2.75) is 109 Å². The number of benzene rings is 2. The Balaban J connectivity index is 1.44. The molecule has 1 aliphatic carbocycles. The van der Waals surface area contributed by atoms with Crippen molar-refractivity contribution in [2.24, 2.45) is 10.9 Å². The van der Waals surface area contributed by atoms with Gasteiger partial charge in [0.2, 0.25) is 5.78 Å². The number of hydrogen-bond donors (Lipinski definition) is 2. The van der Waals surface area contributed by atoms with Crippen molar-refractivity contribution in [3.8, 4) is 0 Å². The molecule has 0 fully saturated rings. The molecule has 6 heteroatoms. The second-order valence-corrected chi connectivity index (χ2v) is 11.3. The van der Waals surface area contributed by atoms with E-state index < -0.39 is 17.9 Å². The lowest BCUT2D eigenvalue weighted by atomic mass is 9.84. The molecule has 0 radical (unpaired) electrons. The zero-order chi connectivity index (χ0) is 29.3. The summed E-state index contributed by atoms with van der Waals surface area (Å²) in [6.45, 7) is 2.36. The number of para-hydroxylation sites is 1. The molecule has 0 bridgehead atoms. The number of carboxylic acid groups (broad SMARTS) is 1. The van der Waals surface area contributed by atoms with Crippen molar-refractivity contribution >= 4 is 28.9 Å². The maximum absolute atomic E-state index is 13.4. The number of nitrogens with one attached hydrogen (secondary N) is 1. The molecule has 2 unspecified atom stereocenters. The van der Waals surface area contributed by atoms with Crippen LogP contribution in [0.2, 0.25) is 0 Å². The molecule has 0 saturated heterocycles. The van der Waals surface area contributed by atoms with E-state index in [1.54, 1.807) is 36.4 Å². The standard InChI is InChI=1S/C35H48N2O4/c1-2-3-4-5-6-7-8-9-10-11-12-13-14-16-21-27(35(40)41)26-36-31-32(37-28-22-17-15-18-23-28)34(39)30-25-20-19-24-29(30)33(31)38/h15,17-20,22-25,27,31,36H,2-14,16,21,26H2,1H3,(H,40,41). The summed E-state index contributed by atoms with van der Waals surface area (Å²) >= 11 is 0. The summed E-state index contributed by atoms with van der Waals surface area (Å²) in [6, 6.07) is 14.8. The minimum absolute atomic E-state index is 0.105. The second-order valence-electron chi connectivity index (χ2n) is 11.3. The first-order valence-corrected chi connectivity index (χ1v) is 15.8. The summed E-state index contributed by atoms with van der Waals surface area (Å²) in [5.74, 6) is -2.08. The number of aliphatic imine (C=N–C) groups is 1. The first-order valence-electron chi connectivity index (χ1n) is 15.8. The van der Waals surface area contributed by atoms with Gasteiger partial charge in [-0.1, -0.05) is 139 Å². The van der Waals surface area contributed by atoms with E-state index in [2.05, 4.69) is 17.2 Å². The van der Waals surface area contributed by atoms with Crippen molar-refractivity contribution < 1.29 is 19.5 Å². The van der Waals surface area contributed by atoms with Crippen molar-refractivity contribution in [2.75, 3.05) is 6.54 Å². The molecule has 2 N–H and O–H groups in total. The summed E-state index contributed by atoms with van der Waals surface area (Å²) in [5.41, 5.74) is 1.37. The van der Waals surface area contributed by atoms with E-state index in [9.17, 15) is 19.5 Å². The Morgan fingerprint density at radius 2 is 1.27 bits per heavy atom. The maximum Gasteiger partial charge on any atom is 0.307 e. The molecule has 0 spiro atoms. The monoisotopic (exact) mass is 560 g/mol. The third kappa shape index (κ3) is 10.7. The van der Waals surface area contributed by atoms with Gasteiger partial charge in [0.25, 0.3) is 0 Å². The molecule has 0 aromatic heterocycles. The molecule has 3 rings (SSSR count). The molecule has 222 valence electrons. The molecule has 2 atom stereocenters. The zero-order valence-electron chi connectivity index (χ0n) is 24.8. The average molecular weight is 561 g/mol. The molecule has 6 nitrogen and oxygen atoms in total. The van der Waals surface area contributed by atoms with Crippen LogP contribution in [0.5, 0.6) is 0 Å². The largest absolute Gasteiger partial charge is 0.481 e. The van der Waals surface area contributed by atoms with E-state index in [4.69, 9.17) is 0 Å². The lowest BCUT2D eigenvalue weighted by Gasteiger charge is -2.26. The highest BCUT2D eigenvalue weighted by Gasteiger charge is 2.38. The van der Waals surface area contributed by atoms with E-state index in [-0.39, 0.29) is 23.8 Å². The Kier molecular flexibility index (Phi) is 14.5. The number of ketones is 2. The van der Waals surface area contributed by atoms with Gasteiger partial charge >= 0.3 is 5.97 Å². The van der Waals surface area contributed by atoms with Crippen LogP contribution < -0.4 is 5.32 Å². The number of hydrogen-bond acceptors (Lipinski definition) is 5. The Labute approximate surface area is 246 Å². The molecule has 0 aliphatic heterocycles. The molecule has 0 amide bonds. The number of carboxylic acids is 1. The maximum atomic E-state index is 13.4. The number of unbranched alkanes of at least 4 members (excludes halogenated alkanes) is 13. The second kappa shape index (κ2) is 18.3. The van der Waals surface area contributed by atoms with Crippen LogP contribution in [0.1, 0.15) is 124 Å². The molecule has 2 aromatic carbocycles. The summed E-state index contributed by atoms with van der Waals surface area (Å²) < 4.78 is 0. The minimum atomic E-state index is -0.976. The van der Waals surface area contributed by atoms with E-state index in [1.165, 1.54) is 70.6 Å². The highest BCUT2D eigenvalue weighted by molar-refractivity contribution is 6.55. The van der Waals surface area contributed by atoms with Gasteiger partial charge in [-0.05, 0) is 18.6 Å². The molecule has 0 saturated carbocycles. The van der Waals surface area contributed by atoms with E-state index in [1.807, 2.05) is 18.2 Å². The first kappa shape index (κ1) is 32.4. The van der Waals surface area contributed by atoms with Gasteiger partial charge < -0.3 is 10.4 Å². The van der Waals surface area contributed by atoms with Gasteiger partial charge in [0.15, 0.2) is 5.78 Å². The van der Waals surface area contributed by atoms with Crippen LogP contribution in [0, 0.1) is 5.92 Å². The fraction of sp³-hybridized carbons (Fsp3) is 0.543. The van der Waals surface area contributed by atoms with Crippen LogP contribution in [0.25, 0.3) is 0 Å². The number of carbonyl (C=O) groups is 3. The fourth-order valence-corrected chi connectivity index (χ4v) is 5.55. The Morgan fingerprint density at radius 1 is 0.756 bits per heavy atom. The molecule has 1 aliphatic rings. The Bertz CT molecular complexity index is 1130. The van der Waals surface area contributed by atoms with E-state index >= 15 is 0 Å². The number of aliphatic carboxylic acids is 1. The first-order chi connectivity index (χ1) is 20.0. The van der Waals surface area contributed by atoms with Crippen LogP contribution in [-0.4, -0.2) is 40.9 Å². The summed E-state index contributed by atoms with van der Waals surface area (Å²) in [7, 11) is 0. The van der Waals surface area contributed by atoms with Crippen molar-refractivity contribution in [1.82, 2.24) is 5.32 Å². The van der Waals surface area contributed by atoms with Crippen molar-refractivity contribution in [3.63, 3.8) is 0 Å². The number of Topliss-reactive ketones (excluding diaryl/α,β-unsaturated/α-hetero) is 2. The third-order valence-corrected chi connectivity index (χ3v) is 8.03. The van der Waals surface area contributed by atoms with Gasteiger partial charge in [0.05, 0.1) is 11.6 Å². The van der Waals surface area contributed by atoms with Crippen LogP contribution >= 0.6 is 0 Å². The molecule has 2 aromatic rings. The molecule has 41 heavy (non-hydrogen) atoms. The summed E-state index contributed by atoms with van der Waals surface area (Å²) in [4.78, 5) is 43.3. The van der Waals surface area contributed by atoms with Crippen LogP contribution in [0.4, 0.5) is 5.69 Å². The van der Waals surface area contributed by atoms with Gasteiger partial charge in [-0.25, -0.2) is 4.99 Å². The molecule has 0 heterocycles. The van der Waals surface area contributed by atoms with Crippen molar-refractivity contribution in [1.29, 1.82) is 0 Å². The topological polar surface area (TPSA) is 95.8 Å². The predicted molar refractivity (Wildman–Crippen MR) is 166 cm³/mol. The number of nitrogens with zero attached hydrogens (tertiary/aromatic N) is 1. The fourth-order valence-electron chi connectivity index (χ4n) is 5.55. The number of carbonyl (C=O) groups excluding carboxylic acids is 2. The SMILES string of the molecule is CCCCCCCCCCCCCCCCC(CNC1C(=O)c2ccccc2C(=O)C1=Nc1ccccc1)C(=O)O. The van der Waals surface area contributed by atoms with E-state index in [0.717, 1.165) is 19.3 Å². The van der Waals surface area contributed by atoms with Gasteiger partial charge in [-0.15, -0.1) is 0 Å². The summed E-state index contributed by atoms with van der Waals surface area (Å²) in [6.07, 6.45) is 18.1. The van der Waals surface area contributed by atoms with Crippen LogP contribution in [-0.2, 0) is 4.79 Å². The smallest absolute Gasteiger partial charge is 0.307 e. The quantitative estimate of drug-likeness (QED) is 0.159. The molecular formula is C35H48N2O4. The lowest BCUT2D eigenvalue weighted by molar-refractivity contribution is -0.141. The molecular weight excluding hydrogens is 512 g/mol.